The predicted octanol–water partition coefficient (Wildman–Crippen LogP) is 3.34. The summed E-state index contributed by atoms with van der Waals surface area (Å²) in [5.41, 5.74) is 1.63. The molecule has 0 spiro atoms. The molecule has 0 radical (unpaired) electrons. The first-order valence-electron chi connectivity index (χ1n) is 11.0. The summed E-state index contributed by atoms with van der Waals surface area (Å²) in [4.78, 5) is 25.2. The minimum absolute atomic E-state index is 0.0951. The molecule has 0 bridgehead atoms. The highest BCUT2D eigenvalue weighted by Gasteiger charge is 2.31. The molecule has 1 saturated heterocycles. The number of nitrogens with zero attached hydrogens (tertiary/aromatic N) is 4. The lowest BCUT2D eigenvalue weighted by Crippen LogP contribution is -2.44. The summed E-state index contributed by atoms with van der Waals surface area (Å²) >= 11 is 12.5. The Hall–Kier alpha value is -3.12. The Morgan fingerprint density at radius 3 is 2.53 bits per heavy atom. The molecule has 13 heteroatoms. The summed E-state index contributed by atoms with van der Waals surface area (Å²) in [7, 11) is -3.50. The van der Waals surface area contributed by atoms with Gasteiger partial charge in [-0.2, -0.15) is 4.98 Å². The van der Waals surface area contributed by atoms with Gasteiger partial charge in [0.25, 0.3) is 5.91 Å². The first kappa shape index (κ1) is 24.6. The van der Waals surface area contributed by atoms with Gasteiger partial charge in [0.1, 0.15) is 5.56 Å². The van der Waals surface area contributed by atoms with Gasteiger partial charge in [0.05, 0.1) is 26.3 Å². The van der Waals surface area contributed by atoms with Gasteiger partial charge in [0.15, 0.2) is 16.6 Å². The van der Waals surface area contributed by atoms with Crippen LogP contribution in [0, 0.1) is 0 Å². The third-order valence-electron chi connectivity index (χ3n) is 5.84. The third kappa shape index (κ3) is 4.79. The fraction of sp³-hybridized carbons (Fsp3) is 0.261. The van der Waals surface area contributed by atoms with E-state index in [1.54, 1.807) is 36.4 Å². The normalized spacial score (nSPS) is 15.9. The van der Waals surface area contributed by atoms with Gasteiger partial charge in [-0.1, -0.05) is 29.3 Å². The van der Waals surface area contributed by atoms with Crippen molar-refractivity contribution in [3.63, 3.8) is 0 Å². The van der Waals surface area contributed by atoms with Crippen LogP contribution in [0.2, 0.25) is 10.0 Å². The second-order valence-corrected chi connectivity index (χ2v) is 11.1. The Bertz CT molecular complexity index is 1430. The fourth-order valence-corrected chi connectivity index (χ4v) is 5.63. The number of piperazine rings is 1. The molecule has 2 aromatic carbocycles. The van der Waals surface area contributed by atoms with Gasteiger partial charge in [0.2, 0.25) is 11.8 Å². The summed E-state index contributed by atoms with van der Waals surface area (Å²) in [6, 6.07) is 10.0. The smallest absolute Gasteiger partial charge is 0.268 e. The van der Waals surface area contributed by atoms with E-state index in [0.717, 1.165) is 13.1 Å². The minimum atomic E-state index is -3.50. The number of halogens is 2. The van der Waals surface area contributed by atoms with Gasteiger partial charge in [-0.3, -0.25) is 9.69 Å². The van der Waals surface area contributed by atoms with E-state index >= 15 is 0 Å². The summed E-state index contributed by atoms with van der Waals surface area (Å²) < 4.78 is 30.8. The quantitative estimate of drug-likeness (QED) is 0.494. The van der Waals surface area contributed by atoms with E-state index in [2.05, 4.69) is 20.6 Å². The van der Waals surface area contributed by atoms with Crippen molar-refractivity contribution < 1.29 is 17.9 Å². The van der Waals surface area contributed by atoms with Gasteiger partial charge in [-0.15, -0.1) is 0 Å². The topological polar surface area (TPSA) is 117 Å². The van der Waals surface area contributed by atoms with E-state index in [9.17, 15) is 13.2 Å². The molecule has 1 amide bonds. The number of aromatic nitrogens is 2. The molecule has 2 aliphatic rings. The van der Waals surface area contributed by atoms with Gasteiger partial charge >= 0.3 is 0 Å². The van der Waals surface area contributed by atoms with Crippen LogP contribution in [0.4, 0.5) is 23.0 Å². The molecule has 2 N–H and O–H groups in total. The lowest BCUT2D eigenvalue weighted by Gasteiger charge is -2.31. The van der Waals surface area contributed by atoms with E-state index in [1.165, 1.54) is 17.4 Å². The molecule has 0 aliphatic carbocycles. The third-order valence-corrected chi connectivity index (χ3v) is 7.58. The highest BCUT2D eigenvalue weighted by molar-refractivity contribution is 7.90. The molecular weight excluding hydrogens is 527 g/mol. The average molecular weight is 549 g/mol. The maximum absolute atomic E-state index is 13.1. The van der Waals surface area contributed by atoms with E-state index < -0.39 is 15.7 Å². The molecule has 0 unspecified atom stereocenters. The van der Waals surface area contributed by atoms with Crippen LogP contribution in [0.5, 0.6) is 5.88 Å². The first-order valence-corrected chi connectivity index (χ1v) is 13.7. The predicted molar refractivity (Wildman–Crippen MR) is 139 cm³/mol. The SMILES string of the molecule is CS(=O)(=O)c1cc(Nc2ncc3c(n2)OCN(c2c(Cl)cccc2Cl)C3=O)ccc1N1CCNCC1. The zero-order valence-electron chi connectivity index (χ0n) is 19.2. The standard InChI is InChI=1S/C23H22Cl2N6O4S/c1-36(33,34)19-11-14(5-6-18(19)30-9-7-26-8-10-30)28-23-27-12-15-21(29-23)35-13-31(22(15)32)20-16(24)3-2-4-17(20)25/h2-6,11-12,26H,7-10,13H2,1H3,(H,27,28,29). The average Bonchev–Trinajstić information content (AvgIpc) is 2.85. The molecule has 3 aromatic rings. The second-order valence-electron chi connectivity index (χ2n) is 8.31. The second kappa shape index (κ2) is 9.74. The number of nitrogens with one attached hydrogen (secondary N) is 2. The van der Waals surface area contributed by atoms with Gasteiger partial charge < -0.3 is 20.3 Å². The lowest BCUT2D eigenvalue weighted by molar-refractivity contribution is 0.0932. The molecule has 1 aromatic heterocycles. The van der Waals surface area contributed by atoms with E-state index in [1.807, 2.05) is 4.90 Å². The number of amides is 1. The minimum Gasteiger partial charge on any atom is -0.455 e. The molecule has 0 atom stereocenters. The molecule has 0 saturated carbocycles. The van der Waals surface area contributed by atoms with E-state index in [0.29, 0.717) is 40.2 Å². The van der Waals surface area contributed by atoms with Crippen molar-refractivity contribution in [1.29, 1.82) is 0 Å². The zero-order chi connectivity index (χ0) is 25.4. The number of carbonyl (C=O) groups is 1. The van der Waals surface area contributed by atoms with Crippen molar-refractivity contribution in [3.05, 3.63) is 58.2 Å². The van der Waals surface area contributed by atoms with Crippen molar-refractivity contribution in [1.82, 2.24) is 15.3 Å². The monoisotopic (exact) mass is 548 g/mol. The van der Waals surface area contributed by atoms with Crippen LogP contribution in [-0.4, -0.2) is 63.5 Å². The van der Waals surface area contributed by atoms with Crippen LogP contribution in [0.25, 0.3) is 0 Å². The summed E-state index contributed by atoms with van der Waals surface area (Å²) in [6.45, 7) is 2.86. The van der Waals surface area contributed by atoms with Crippen LogP contribution < -0.4 is 25.2 Å². The van der Waals surface area contributed by atoms with Gasteiger partial charge in [0, 0.05) is 44.3 Å². The zero-order valence-corrected chi connectivity index (χ0v) is 21.5. The van der Waals surface area contributed by atoms with Crippen LogP contribution in [0.3, 0.4) is 0 Å². The Morgan fingerprint density at radius 1 is 1.11 bits per heavy atom. The van der Waals surface area contributed by atoms with Crippen LogP contribution >= 0.6 is 23.2 Å². The Balaban J connectivity index is 1.41. The number of fused-ring (bicyclic) bond motifs is 1. The molecule has 3 heterocycles. The molecule has 10 nitrogen and oxygen atoms in total. The number of ether oxygens (including phenoxy) is 1. The molecule has 2 aliphatic heterocycles. The Labute approximate surface area is 218 Å². The highest BCUT2D eigenvalue weighted by Crippen LogP contribution is 2.37. The number of hydrogen-bond donors (Lipinski definition) is 2. The largest absolute Gasteiger partial charge is 0.455 e. The van der Waals surface area contributed by atoms with Crippen molar-refractivity contribution in [2.45, 2.75) is 4.90 Å². The fourth-order valence-electron chi connectivity index (χ4n) is 4.11. The van der Waals surface area contributed by atoms with E-state index in [-0.39, 0.29) is 29.0 Å². The van der Waals surface area contributed by atoms with Crippen molar-refractivity contribution in [2.24, 2.45) is 0 Å². The van der Waals surface area contributed by atoms with Crippen molar-refractivity contribution >= 4 is 62.0 Å². The summed E-state index contributed by atoms with van der Waals surface area (Å²) in [5, 5.41) is 6.89. The maximum Gasteiger partial charge on any atom is 0.268 e. The van der Waals surface area contributed by atoms with Crippen molar-refractivity contribution in [3.8, 4) is 5.88 Å². The number of carbonyl (C=O) groups excluding carboxylic acids is 1. The molecule has 36 heavy (non-hydrogen) atoms. The van der Waals surface area contributed by atoms with E-state index in [4.69, 9.17) is 27.9 Å². The highest BCUT2D eigenvalue weighted by atomic mass is 35.5. The van der Waals surface area contributed by atoms with Crippen LogP contribution in [0.15, 0.2) is 47.5 Å². The number of rotatable bonds is 5. The number of sulfone groups is 1. The summed E-state index contributed by atoms with van der Waals surface area (Å²) in [5.74, 6) is -0.157. The van der Waals surface area contributed by atoms with Gasteiger partial charge in [-0.25, -0.2) is 13.4 Å². The maximum atomic E-state index is 13.1. The Morgan fingerprint density at radius 2 is 1.83 bits per heavy atom. The molecule has 5 rings (SSSR count). The number of anilines is 4. The summed E-state index contributed by atoms with van der Waals surface area (Å²) in [6.07, 6.45) is 2.53. The molecule has 1 fully saturated rings. The number of para-hydroxylation sites is 1. The Kier molecular flexibility index (Phi) is 6.64. The molecule has 188 valence electrons. The van der Waals surface area contributed by atoms with Gasteiger partial charge in [-0.05, 0) is 30.3 Å². The first-order chi connectivity index (χ1) is 17.2. The number of hydrogen-bond acceptors (Lipinski definition) is 9. The lowest BCUT2D eigenvalue weighted by atomic mass is 10.2. The van der Waals surface area contributed by atoms with Crippen molar-refractivity contribution in [2.75, 3.05) is 54.3 Å². The number of benzene rings is 2. The molecular formula is C23H22Cl2N6O4S. The van der Waals surface area contributed by atoms with Crippen LogP contribution in [-0.2, 0) is 9.84 Å². The van der Waals surface area contributed by atoms with Crippen LogP contribution in [0.1, 0.15) is 10.4 Å².